The van der Waals surface area contributed by atoms with Crippen LogP contribution < -0.4 is 0 Å². The van der Waals surface area contributed by atoms with Gasteiger partial charge in [0.05, 0.1) is 10.7 Å². The van der Waals surface area contributed by atoms with Crippen molar-refractivity contribution in [2.45, 2.75) is 13.3 Å². The topological polar surface area (TPSA) is 68.0 Å². The van der Waals surface area contributed by atoms with Crippen LogP contribution in [0.5, 0.6) is 0 Å². The minimum absolute atomic E-state index is 0.221. The fourth-order valence-electron chi connectivity index (χ4n) is 1.51. The maximum atomic E-state index is 10.9. The summed E-state index contributed by atoms with van der Waals surface area (Å²) < 4.78 is 2.47. The Morgan fingerprint density at radius 2 is 2.28 bits per heavy atom. The Morgan fingerprint density at radius 3 is 2.83 bits per heavy atom. The number of aromatic carboxylic acids is 1. The molecule has 0 radical (unpaired) electrons. The van der Waals surface area contributed by atoms with Crippen LogP contribution in [0, 0.1) is 3.57 Å². The zero-order valence-corrected chi connectivity index (χ0v) is 12.3. The quantitative estimate of drug-likeness (QED) is 0.835. The third kappa shape index (κ3) is 2.49. The lowest BCUT2D eigenvalue weighted by Crippen LogP contribution is -2.04. The first-order valence-corrected chi connectivity index (χ1v) is 6.63. The van der Waals surface area contributed by atoms with Gasteiger partial charge in [-0.15, -0.1) is 5.10 Å². The van der Waals surface area contributed by atoms with Gasteiger partial charge in [0.15, 0.2) is 0 Å². The molecule has 0 atom stereocenters. The average molecular weight is 378 g/mol. The molecule has 1 N–H and O–H groups in total. The zero-order valence-electron chi connectivity index (χ0n) is 9.39. The van der Waals surface area contributed by atoms with Crippen molar-refractivity contribution in [3.05, 3.63) is 38.4 Å². The highest BCUT2D eigenvalue weighted by Gasteiger charge is 2.16. The molecule has 0 saturated heterocycles. The summed E-state index contributed by atoms with van der Waals surface area (Å²) in [6.45, 7) is 1.88. The minimum Gasteiger partial charge on any atom is -0.475 e. The molecule has 2 aromatic rings. The Kier molecular flexibility index (Phi) is 3.86. The smallest absolute Gasteiger partial charge is 0.375 e. The number of nitrogens with zero attached hydrogens (tertiary/aromatic N) is 3. The van der Waals surface area contributed by atoms with Gasteiger partial charge in [0.2, 0.25) is 0 Å². The van der Waals surface area contributed by atoms with E-state index in [4.69, 9.17) is 16.7 Å². The fourth-order valence-corrected chi connectivity index (χ4v) is 2.45. The Labute approximate surface area is 122 Å². The molecule has 1 aromatic heterocycles. The van der Waals surface area contributed by atoms with Crippen LogP contribution in [0.2, 0.25) is 5.02 Å². The lowest BCUT2D eigenvalue weighted by Gasteiger charge is -2.06. The number of carboxylic acid groups (broad SMARTS) is 1. The molecule has 94 valence electrons. The van der Waals surface area contributed by atoms with Crippen LogP contribution >= 0.6 is 34.2 Å². The van der Waals surface area contributed by atoms with E-state index in [1.807, 2.05) is 13.0 Å². The lowest BCUT2D eigenvalue weighted by molar-refractivity contribution is 0.0683. The van der Waals surface area contributed by atoms with Gasteiger partial charge in [-0.3, -0.25) is 0 Å². The summed E-state index contributed by atoms with van der Waals surface area (Å²) in [5, 5.41) is 13.4. The second kappa shape index (κ2) is 5.23. The van der Waals surface area contributed by atoms with Crippen LogP contribution in [0.4, 0.5) is 0 Å². The van der Waals surface area contributed by atoms with Gasteiger partial charge in [-0.2, -0.15) is 0 Å². The molecule has 18 heavy (non-hydrogen) atoms. The molecule has 1 aromatic carbocycles. The highest BCUT2D eigenvalue weighted by atomic mass is 127. The van der Waals surface area contributed by atoms with E-state index in [-0.39, 0.29) is 5.82 Å². The fraction of sp³-hybridized carbons (Fsp3) is 0.182. The number of carboxylic acids is 1. The number of rotatable bonds is 3. The van der Waals surface area contributed by atoms with Gasteiger partial charge in [0.1, 0.15) is 5.82 Å². The molecule has 0 aliphatic carbocycles. The van der Waals surface area contributed by atoms with Crippen molar-refractivity contribution >= 4 is 40.2 Å². The number of carbonyl (C=O) groups is 1. The van der Waals surface area contributed by atoms with Crippen LogP contribution in [0.3, 0.4) is 0 Å². The van der Waals surface area contributed by atoms with Gasteiger partial charge in [-0.25, -0.2) is 14.5 Å². The summed E-state index contributed by atoms with van der Waals surface area (Å²) in [5.41, 5.74) is 0.633. The Hall–Kier alpha value is -1.15. The van der Waals surface area contributed by atoms with Gasteiger partial charge in [-0.1, -0.05) is 18.5 Å². The number of aromatic nitrogens is 3. The molecule has 0 aliphatic heterocycles. The highest BCUT2D eigenvalue weighted by Crippen LogP contribution is 2.23. The van der Waals surface area contributed by atoms with Gasteiger partial charge < -0.3 is 5.11 Å². The summed E-state index contributed by atoms with van der Waals surface area (Å²) in [5.74, 6) is -0.804. The Morgan fingerprint density at radius 1 is 1.56 bits per heavy atom. The molecule has 0 fully saturated rings. The predicted molar refractivity (Wildman–Crippen MR) is 75.4 cm³/mol. The van der Waals surface area contributed by atoms with Crippen molar-refractivity contribution in [2.75, 3.05) is 0 Å². The molecule has 2 rings (SSSR count). The molecule has 0 aliphatic rings. The number of hydrogen-bond acceptors (Lipinski definition) is 3. The van der Waals surface area contributed by atoms with E-state index in [1.54, 1.807) is 12.1 Å². The molecular weight excluding hydrogens is 368 g/mol. The van der Waals surface area contributed by atoms with Gasteiger partial charge in [0, 0.05) is 9.99 Å². The van der Waals surface area contributed by atoms with E-state index < -0.39 is 5.97 Å². The predicted octanol–water partition coefficient (Wildman–Crippen LogP) is 2.79. The van der Waals surface area contributed by atoms with Crippen molar-refractivity contribution in [2.24, 2.45) is 0 Å². The van der Waals surface area contributed by atoms with E-state index in [0.717, 1.165) is 3.57 Å². The van der Waals surface area contributed by atoms with Crippen molar-refractivity contribution in [3.63, 3.8) is 0 Å². The summed E-state index contributed by atoms with van der Waals surface area (Å²) in [7, 11) is 0. The van der Waals surface area contributed by atoms with Crippen molar-refractivity contribution in [1.29, 1.82) is 0 Å². The van der Waals surface area contributed by atoms with E-state index in [0.29, 0.717) is 23.0 Å². The van der Waals surface area contributed by atoms with Crippen LogP contribution in [0.1, 0.15) is 23.4 Å². The first-order chi connectivity index (χ1) is 8.52. The standard InChI is InChI=1S/C11H9ClIN3O2/c1-2-9-14-10(11(17)18)15-16(9)8-4-3-6(13)5-7(8)12/h3-5H,2H2,1H3,(H,17,18). The zero-order chi connectivity index (χ0) is 13.3. The highest BCUT2D eigenvalue weighted by molar-refractivity contribution is 14.1. The summed E-state index contributed by atoms with van der Waals surface area (Å²) in [6.07, 6.45) is 0.572. The van der Waals surface area contributed by atoms with Crippen molar-refractivity contribution in [1.82, 2.24) is 14.8 Å². The second-order valence-corrected chi connectivity index (χ2v) is 5.17. The molecule has 5 nitrogen and oxygen atoms in total. The maximum Gasteiger partial charge on any atom is 0.375 e. The molecule has 0 bridgehead atoms. The summed E-state index contributed by atoms with van der Waals surface area (Å²) in [4.78, 5) is 14.8. The van der Waals surface area contributed by atoms with Crippen LogP contribution in [-0.2, 0) is 6.42 Å². The second-order valence-electron chi connectivity index (χ2n) is 3.52. The third-order valence-corrected chi connectivity index (χ3v) is 3.29. The summed E-state index contributed by atoms with van der Waals surface area (Å²) >= 11 is 8.29. The van der Waals surface area contributed by atoms with E-state index in [9.17, 15) is 4.79 Å². The molecule has 0 saturated carbocycles. The Balaban J connectivity index is 2.58. The largest absolute Gasteiger partial charge is 0.475 e. The molecule has 7 heteroatoms. The SMILES string of the molecule is CCc1nc(C(=O)O)nn1-c1ccc(I)cc1Cl. The third-order valence-electron chi connectivity index (χ3n) is 2.32. The average Bonchev–Trinajstić information content (AvgIpc) is 2.73. The van der Waals surface area contributed by atoms with Crippen molar-refractivity contribution < 1.29 is 9.90 Å². The molecule has 0 unspecified atom stereocenters. The van der Waals surface area contributed by atoms with E-state index in [1.165, 1.54) is 4.68 Å². The van der Waals surface area contributed by atoms with Crippen LogP contribution in [0.25, 0.3) is 5.69 Å². The monoisotopic (exact) mass is 377 g/mol. The van der Waals surface area contributed by atoms with Crippen molar-refractivity contribution in [3.8, 4) is 5.69 Å². The van der Waals surface area contributed by atoms with Crippen LogP contribution in [-0.4, -0.2) is 25.8 Å². The molecule has 1 heterocycles. The van der Waals surface area contributed by atoms with Crippen LogP contribution in [0.15, 0.2) is 18.2 Å². The van der Waals surface area contributed by atoms with Gasteiger partial charge in [0.25, 0.3) is 5.82 Å². The number of hydrogen-bond donors (Lipinski definition) is 1. The Bertz CT molecular complexity index is 612. The van der Waals surface area contributed by atoms with Gasteiger partial charge >= 0.3 is 5.97 Å². The number of aryl methyl sites for hydroxylation is 1. The maximum absolute atomic E-state index is 10.9. The number of halogens is 2. The van der Waals surface area contributed by atoms with E-state index in [2.05, 4.69) is 32.7 Å². The van der Waals surface area contributed by atoms with E-state index >= 15 is 0 Å². The summed E-state index contributed by atoms with van der Waals surface area (Å²) in [6, 6.07) is 5.46. The first-order valence-electron chi connectivity index (χ1n) is 5.17. The molecule has 0 spiro atoms. The minimum atomic E-state index is -1.15. The number of benzene rings is 1. The normalized spacial score (nSPS) is 10.6. The molecular formula is C11H9ClIN3O2. The lowest BCUT2D eigenvalue weighted by atomic mass is 10.3. The molecule has 0 amide bonds. The van der Waals surface area contributed by atoms with Gasteiger partial charge in [-0.05, 0) is 40.8 Å². The first kappa shape index (κ1) is 13.3.